The molecular formula is C11H20N2O4. The fourth-order valence-electron chi connectivity index (χ4n) is 0.866. The van der Waals surface area contributed by atoms with Crippen molar-refractivity contribution in [1.82, 2.24) is 5.32 Å². The van der Waals surface area contributed by atoms with E-state index in [1.165, 1.54) is 0 Å². The lowest BCUT2D eigenvalue weighted by atomic mass is 10.6. The first-order valence-corrected chi connectivity index (χ1v) is 5.29. The van der Waals surface area contributed by atoms with Gasteiger partial charge in [-0.2, -0.15) is 0 Å². The predicted octanol–water partition coefficient (Wildman–Crippen LogP) is -0.232. The van der Waals surface area contributed by atoms with E-state index in [-0.39, 0.29) is 6.61 Å². The molecule has 0 saturated carbocycles. The lowest BCUT2D eigenvalue weighted by Crippen LogP contribution is -2.23. The minimum atomic E-state index is -0.446. The molecule has 3 N–H and O–H groups in total. The van der Waals surface area contributed by atoms with E-state index in [0.717, 1.165) is 6.08 Å². The first-order chi connectivity index (χ1) is 8.16. The highest BCUT2D eigenvalue weighted by Gasteiger charge is 1.95. The van der Waals surface area contributed by atoms with E-state index >= 15 is 0 Å². The largest absolute Gasteiger partial charge is 0.460 e. The molecule has 0 aromatic carbocycles. The molecule has 98 valence electrons. The molecule has 17 heavy (non-hydrogen) atoms. The number of esters is 1. The van der Waals surface area contributed by atoms with Crippen LogP contribution in [0.4, 0.5) is 0 Å². The Morgan fingerprint density at radius 3 is 2.35 bits per heavy atom. The number of carbonyl (C=O) groups excluding carboxylic acids is 1. The van der Waals surface area contributed by atoms with Crippen molar-refractivity contribution < 1.29 is 19.0 Å². The average Bonchev–Trinajstić information content (AvgIpc) is 2.30. The molecule has 0 amide bonds. The summed E-state index contributed by atoms with van der Waals surface area (Å²) in [6.45, 7) is 9.41. The summed E-state index contributed by atoms with van der Waals surface area (Å²) in [6.07, 6.45) is 1.11. The van der Waals surface area contributed by atoms with Gasteiger partial charge in [0.2, 0.25) is 0 Å². The molecule has 6 nitrogen and oxygen atoms in total. The van der Waals surface area contributed by atoms with Crippen molar-refractivity contribution >= 4 is 5.97 Å². The van der Waals surface area contributed by atoms with E-state index in [1.54, 1.807) is 0 Å². The van der Waals surface area contributed by atoms with Crippen molar-refractivity contribution in [1.29, 1.82) is 0 Å². The van der Waals surface area contributed by atoms with E-state index in [9.17, 15) is 4.79 Å². The highest BCUT2D eigenvalue weighted by Crippen LogP contribution is 1.82. The van der Waals surface area contributed by atoms with Gasteiger partial charge in [0.25, 0.3) is 0 Å². The zero-order valence-corrected chi connectivity index (χ0v) is 9.94. The van der Waals surface area contributed by atoms with Gasteiger partial charge in [-0.15, -0.1) is 0 Å². The summed E-state index contributed by atoms with van der Waals surface area (Å²) >= 11 is 0. The van der Waals surface area contributed by atoms with Gasteiger partial charge in [-0.05, 0) is 0 Å². The van der Waals surface area contributed by atoms with Crippen LogP contribution in [0.25, 0.3) is 0 Å². The molecule has 0 bridgehead atoms. The third kappa shape index (κ3) is 12.4. The Bertz CT molecular complexity index is 244. The second kappa shape index (κ2) is 11.0. The minimum Gasteiger partial charge on any atom is -0.460 e. The Hall–Kier alpha value is -1.53. The Balaban J connectivity index is 3.06. The highest BCUT2D eigenvalue weighted by atomic mass is 16.6. The van der Waals surface area contributed by atoms with E-state index in [2.05, 4.69) is 18.5 Å². The second-order valence-corrected chi connectivity index (χ2v) is 3.05. The summed E-state index contributed by atoms with van der Waals surface area (Å²) < 4.78 is 15.1. The van der Waals surface area contributed by atoms with Crippen LogP contribution < -0.4 is 11.1 Å². The fraction of sp³-hybridized carbons (Fsp3) is 0.545. The van der Waals surface area contributed by atoms with Crippen molar-refractivity contribution in [2.75, 3.05) is 39.6 Å². The fourth-order valence-corrected chi connectivity index (χ4v) is 0.866. The van der Waals surface area contributed by atoms with Crippen LogP contribution in [0.5, 0.6) is 0 Å². The third-order valence-corrected chi connectivity index (χ3v) is 1.61. The molecule has 0 atom stereocenters. The van der Waals surface area contributed by atoms with Gasteiger partial charge in [-0.25, -0.2) is 4.79 Å². The first kappa shape index (κ1) is 15.5. The van der Waals surface area contributed by atoms with Gasteiger partial charge in [0.1, 0.15) is 6.61 Å². The van der Waals surface area contributed by atoms with Crippen LogP contribution in [0, 0.1) is 0 Å². The van der Waals surface area contributed by atoms with Crippen molar-refractivity contribution in [3.8, 4) is 0 Å². The lowest BCUT2D eigenvalue weighted by Gasteiger charge is -2.07. The molecule has 0 fully saturated rings. The Labute approximate surface area is 101 Å². The van der Waals surface area contributed by atoms with Gasteiger partial charge in [0.15, 0.2) is 0 Å². The maximum absolute atomic E-state index is 10.6. The summed E-state index contributed by atoms with van der Waals surface area (Å²) in [5.41, 5.74) is 5.29. The molecule has 0 radical (unpaired) electrons. The Morgan fingerprint density at radius 2 is 1.76 bits per heavy atom. The number of carbonyl (C=O) groups is 1. The molecule has 0 aliphatic rings. The predicted molar refractivity (Wildman–Crippen MR) is 64.1 cm³/mol. The number of hydrogen-bond acceptors (Lipinski definition) is 6. The quantitative estimate of drug-likeness (QED) is 0.297. The monoisotopic (exact) mass is 244 g/mol. The van der Waals surface area contributed by atoms with Gasteiger partial charge in [-0.1, -0.05) is 13.2 Å². The average molecular weight is 244 g/mol. The molecule has 0 rings (SSSR count). The van der Waals surface area contributed by atoms with Crippen molar-refractivity contribution in [3.05, 3.63) is 25.1 Å². The smallest absolute Gasteiger partial charge is 0.330 e. The lowest BCUT2D eigenvalue weighted by molar-refractivity contribution is -0.139. The van der Waals surface area contributed by atoms with Crippen molar-refractivity contribution in [2.45, 2.75) is 0 Å². The minimum absolute atomic E-state index is 0.222. The Morgan fingerprint density at radius 1 is 1.18 bits per heavy atom. The van der Waals surface area contributed by atoms with Gasteiger partial charge >= 0.3 is 5.97 Å². The molecule has 0 spiro atoms. The van der Waals surface area contributed by atoms with Crippen molar-refractivity contribution in [2.24, 2.45) is 5.73 Å². The van der Waals surface area contributed by atoms with Gasteiger partial charge in [-0.3, -0.25) is 0 Å². The molecule has 0 aliphatic heterocycles. The van der Waals surface area contributed by atoms with Crippen LogP contribution in [-0.4, -0.2) is 45.5 Å². The molecule has 0 saturated heterocycles. The summed E-state index contributed by atoms with van der Waals surface area (Å²) in [5.74, 6) is -0.0215. The number of nitrogens with two attached hydrogens (primary N) is 1. The van der Waals surface area contributed by atoms with Crippen LogP contribution in [0.3, 0.4) is 0 Å². The van der Waals surface area contributed by atoms with Gasteiger partial charge in [0, 0.05) is 12.6 Å². The number of nitrogens with one attached hydrogen (secondary N) is 1. The molecule has 0 unspecified atom stereocenters. The number of ether oxygens (including phenoxy) is 3. The molecule has 0 heterocycles. The SMILES string of the molecule is C=CC(=O)OCCOCCOCCNC(=C)N. The highest BCUT2D eigenvalue weighted by molar-refractivity contribution is 5.81. The topological polar surface area (TPSA) is 82.8 Å². The summed E-state index contributed by atoms with van der Waals surface area (Å²) in [5, 5.41) is 2.83. The van der Waals surface area contributed by atoms with Gasteiger partial charge < -0.3 is 25.3 Å². The normalized spacial score (nSPS) is 9.65. The van der Waals surface area contributed by atoms with Gasteiger partial charge in [0.05, 0.1) is 32.2 Å². The zero-order valence-electron chi connectivity index (χ0n) is 9.94. The number of hydrogen-bond donors (Lipinski definition) is 2. The van der Waals surface area contributed by atoms with Crippen LogP contribution in [0.1, 0.15) is 0 Å². The molecule has 0 aromatic heterocycles. The van der Waals surface area contributed by atoms with Crippen LogP contribution in [0.15, 0.2) is 25.1 Å². The van der Waals surface area contributed by atoms with Crippen LogP contribution in [0.2, 0.25) is 0 Å². The zero-order chi connectivity index (χ0) is 12.9. The maximum atomic E-state index is 10.6. The standard InChI is InChI=1S/C11H20N2O4/c1-3-11(14)17-9-8-16-7-6-15-5-4-13-10(2)12/h3,13H,1-2,4-9,12H2. The molecule has 0 aliphatic carbocycles. The molecule has 0 aromatic rings. The summed E-state index contributed by atoms with van der Waals surface area (Å²) in [6, 6.07) is 0. The van der Waals surface area contributed by atoms with Crippen LogP contribution >= 0.6 is 0 Å². The van der Waals surface area contributed by atoms with E-state index in [0.29, 0.717) is 38.8 Å². The van der Waals surface area contributed by atoms with Crippen molar-refractivity contribution in [3.63, 3.8) is 0 Å². The summed E-state index contributed by atoms with van der Waals surface area (Å²) in [7, 11) is 0. The van der Waals surface area contributed by atoms with E-state index in [1.807, 2.05) is 0 Å². The van der Waals surface area contributed by atoms with E-state index in [4.69, 9.17) is 19.9 Å². The van der Waals surface area contributed by atoms with E-state index < -0.39 is 5.97 Å². The summed E-state index contributed by atoms with van der Waals surface area (Å²) in [4.78, 5) is 10.6. The molecular weight excluding hydrogens is 224 g/mol. The first-order valence-electron chi connectivity index (χ1n) is 5.29. The van der Waals surface area contributed by atoms with Crippen LogP contribution in [-0.2, 0) is 19.0 Å². The number of rotatable bonds is 11. The Kier molecular flexibility index (Phi) is 9.98. The second-order valence-electron chi connectivity index (χ2n) is 3.05. The maximum Gasteiger partial charge on any atom is 0.330 e. The molecule has 6 heteroatoms. The third-order valence-electron chi connectivity index (χ3n) is 1.61.